The topological polar surface area (TPSA) is 20.3 Å². The maximum atomic E-state index is 12.9. The molecule has 1 atom stereocenters. The quantitative estimate of drug-likeness (QED) is 0.550. The standard InChI is InChI=1S/C22H24ClNOS/c1-17(23)22(25)24(16-18-10-4-2-5-11-18)20-14-8-9-15-21(20)26-19-12-6-3-7-13-19/h2-7,10-13,17H,8-9,14-16H2,1H3. The molecule has 136 valence electrons. The van der Waals surface area contributed by atoms with Crippen LogP contribution >= 0.6 is 23.4 Å². The van der Waals surface area contributed by atoms with Gasteiger partial charge in [0.25, 0.3) is 0 Å². The Morgan fingerprint density at radius 1 is 1.04 bits per heavy atom. The highest BCUT2D eigenvalue weighted by atomic mass is 35.5. The summed E-state index contributed by atoms with van der Waals surface area (Å²) in [5.41, 5.74) is 2.27. The Morgan fingerprint density at radius 2 is 1.65 bits per heavy atom. The maximum absolute atomic E-state index is 12.9. The van der Waals surface area contributed by atoms with E-state index in [-0.39, 0.29) is 5.91 Å². The predicted octanol–water partition coefficient (Wildman–Crippen LogP) is 6.22. The van der Waals surface area contributed by atoms with E-state index >= 15 is 0 Å². The molecule has 0 saturated heterocycles. The average molecular weight is 386 g/mol. The van der Waals surface area contributed by atoms with E-state index in [0.717, 1.165) is 30.5 Å². The normalized spacial score (nSPS) is 15.6. The first-order chi connectivity index (χ1) is 12.6. The van der Waals surface area contributed by atoms with E-state index in [1.807, 2.05) is 29.2 Å². The van der Waals surface area contributed by atoms with Crippen molar-refractivity contribution in [2.75, 3.05) is 0 Å². The van der Waals surface area contributed by atoms with Crippen LogP contribution in [0.2, 0.25) is 0 Å². The van der Waals surface area contributed by atoms with E-state index < -0.39 is 5.38 Å². The number of carbonyl (C=O) groups is 1. The van der Waals surface area contributed by atoms with Crippen LogP contribution in [0.4, 0.5) is 0 Å². The van der Waals surface area contributed by atoms with Gasteiger partial charge in [-0.25, -0.2) is 0 Å². The molecule has 2 aromatic rings. The number of carbonyl (C=O) groups excluding carboxylic acids is 1. The third kappa shape index (κ3) is 4.93. The van der Waals surface area contributed by atoms with Gasteiger partial charge in [-0.3, -0.25) is 4.79 Å². The van der Waals surface area contributed by atoms with Gasteiger partial charge in [-0.1, -0.05) is 60.3 Å². The van der Waals surface area contributed by atoms with Gasteiger partial charge in [0.05, 0.1) is 6.54 Å². The first kappa shape index (κ1) is 19.1. The van der Waals surface area contributed by atoms with E-state index in [2.05, 4.69) is 36.4 Å². The van der Waals surface area contributed by atoms with Crippen molar-refractivity contribution in [2.45, 2.75) is 49.4 Å². The summed E-state index contributed by atoms with van der Waals surface area (Å²) in [4.78, 5) is 17.3. The van der Waals surface area contributed by atoms with Crippen LogP contribution in [0.3, 0.4) is 0 Å². The van der Waals surface area contributed by atoms with Gasteiger partial charge in [0, 0.05) is 15.5 Å². The summed E-state index contributed by atoms with van der Waals surface area (Å²) in [5, 5.41) is -0.531. The van der Waals surface area contributed by atoms with E-state index in [1.165, 1.54) is 16.2 Å². The average Bonchev–Trinajstić information content (AvgIpc) is 2.68. The summed E-state index contributed by atoms with van der Waals surface area (Å²) in [5.74, 6) is -0.0152. The number of amides is 1. The summed E-state index contributed by atoms with van der Waals surface area (Å²) in [6, 6.07) is 20.5. The zero-order valence-corrected chi connectivity index (χ0v) is 16.6. The van der Waals surface area contributed by atoms with Crippen molar-refractivity contribution in [2.24, 2.45) is 0 Å². The van der Waals surface area contributed by atoms with Crippen molar-refractivity contribution < 1.29 is 4.79 Å². The molecule has 0 bridgehead atoms. The van der Waals surface area contributed by atoms with Gasteiger partial charge in [-0.2, -0.15) is 0 Å². The van der Waals surface area contributed by atoms with Crippen LogP contribution in [-0.2, 0) is 11.3 Å². The molecule has 0 heterocycles. The minimum atomic E-state index is -0.531. The largest absolute Gasteiger partial charge is 0.310 e. The van der Waals surface area contributed by atoms with Crippen molar-refractivity contribution in [1.82, 2.24) is 4.90 Å². The van der Waals surface area contributed by atoms with E-state index in [9.17, 15) is 4.79 Å². The minimum absolute atomic E-state index is 0.0152. The van der Waals surface area contributed by atoms with Crippen LogP contribution in [0, 0.1) is 0 Å². The molecule has 0 spiro atoms. The number of thioether (sulfide) groups is 1. The molecular formula is C22H24ClNOS. The Balaban J connectivity index is 1.94. The monoisotopic (exact) mass is 385 g/mol. The molecule has 4 heteroatoms. The van der Waals surface area contributed by atoms with Gasteiger partial charge in [0.2, 0.25) is 5.91 Å². The second-order valence-corrected chi connectivity index (χ2v) is 8.34. The lowest BCUT2D eigenvalue weighted by Gasteiger charge is -2.31. The number of hydrogen-bond acceptors (Lipinski definition) is 2. The molecule has 1 aliphatic carbocycles. The van der Waals surface area contributed by atoms with Gasteiger partial charge in [0.1, 0.15) is 5.38 Å². The molecule has 0 saturated carbocycles. The highest BCUT2D eigenvalue weighted by Crippen LogP contribution is 2.39. The molecule has 1 unspecified atom stereocenters. The lowest BCUT2D eigenvalue weighted by Crippen LogP contribution is -2.35. The Kier molecular flexibility index (Phi) is 6.81. The molecular weight excluding hydrogens is 362 g/mol. The third-order valence-electron chi connectivity index (χ3n) is 4.49. The highest BCUT2D eigenvalue weighted by Gasteiger charge is 2.26. The number of hydrogen-bond donors (Lipinski definition) is 0. The Labute approximate surface area is 165 Å². The fourth-order valence-electron chi connectivity index (χ4n) is 3.18. The summed E-state index contributed by atoms with van der Waals surface area (Å²) >= 11 is 7.98. The first-order valence-corrected chi connectivity index (χ1v) is 10.3. The number of nitrogens with zero attached hydrogens (tertiary/aromatic N) is 1. The van der Waals surface area contributed by atoms with Crippen LogP contribution in [0.1, 0.15) is 38.2 Å². The van der Waals surface area contributed by atoms with Gasteiger partial charge >= 0.3 is 0 Å². The number of alkyl halides is 1. The van der Waals surface area contributed by atoms with Gasteiger partial charge < -0.3 is 4.90 Å². The molecule has 3 rings (SSSR count). The Morgan fingerprint density at radius 3 is 2.31 bits per heavy atom. The molecule has 2 aromatic carbocycles. The van der Waals surface area contributed by atoms with E-state index in [0.29, 0.717) is 6.54 Å². The predicted molar refractivity (Wildman–Crippen MR) is 110 cm³/mol. The zero-order valence-electron chi connectivity index (χ0n) is 15.0. The highest BCUT2D eigenvalue weighted by molar-refractivity contribution is 8.03. The van der Waals surface area contributed by atoms with Gasteiger partial charge in [0.15, 0.2) is 0 Å². The molecule has 2 nitrogen and oxygen atoms in total. The van der Waals surface area contributed by atoms with Crippen LogP contribution in [0.25, 0.3) is 0 Å². The molecule has 0 radical (unpaired) electrons. The number of rotatable bonds is 6. The maximum Gasteiger partial charge on any atom is 0.244 e. The molecule has 1 amide bonds. The van der Waals surface area contributed by atoms with E-state index in [4.69, 9.17) is 11.6 Å². The fraction of sp³-hybridized carbons (Fsp3) is 0.318. The van der Waals surface area contributed by atoms with E-state index in [1.54, 1.807) is 18.7 Å². The Bertz CT molecular complexity index is 758. The van der Waals surface area contributed by atoms with Crippen LogP contribution in [0.5, 0.6) is 0 Å². The summed E-state index contributed by atoms with van der Waals surface area (Å²) in [7, 11) is 0. The number of halogens is 1. The molecule has 0 aliphatic heterocycles. The Hall–Kier alpha value is -1.71. The van der Waals surface area contributed by atoms with Crippen molar-refractivity contribution in [3.8, 4) is 0 Å². The second-order valence-electron chi connectivity index (χ2n) is 6.52. The SMILES string of the molecule is CC(Cl)C(=O)N(Cc1ccccc1)C1=C(Sc2ccccc2)CCCC1. The second kappa shape index (κ2) is 9.29. The molecule has 1 aliphatic rings. The molecule has 0 N–H and O–H groups in total. The summed E-state index contributed by atoms with van der Waals surface area (Å²) < 4.78 is 0. The van der Waals surface area contributed by atoms with Crippen LogP contribution in [0.15, 0.2) is 76.2 Å². The molecule has 0 fully saturated rings. The molecule has 26 heavy (non-hydrogen) atoms. The lowest BCUT2D eigenvalue weighted by molar-refractivity contribution is -0.129. The van der Waals surface area contributed by atoms with Crippen molar-refractivity contribution in [1.29, 1.82) is 0 Å². The van der Waals surface area contributed by atoms with Gasteiger partial charge in [-0.05, 0) is 50.3 Å². The fourth-order valence-corrected chi connectivity index (χ4v) is 4.45. The smallest absolute Gasteiger partial charge is 0.244 e. The third-order valence-corrected chi connectivity index (χ3v) is 5.87. The minimum Gasteiger partial charge on any atom is -0.310 e. The first-order valence-electron chi connectivity index (χ1n) is 9.09. The zero-order chi connectivity index (χ0) is 18.4. The van der Waals surface area contributed by atoms with Crippen molar-refractivity contribution in [3.05, 3.63) is 76.8 Å². The summed E-state index contributed by atoms with van der Waals surface area (Å²) in [6.07, 6.45) is 4.23. The van der Waals surface area contributed by atoms with Gasteiger partial charge in [-0.15, -0.1) is 11.6 Å². The lowest BCUT2D eigenvalue weighted by atomic mass is 10.0. The summed E-state index contributed by atoms with van der Waals surface area (Å²) in [6.45, 7) is 2.33. The number of allylic oxidation sites excluding steroid dienone is 2. The van der Waals surface area contributed by atoms with Crippen LogP contribution < -0.4 is 0 Å². The van der Waals surface area contributed by atoms with Crippen molar-refractivity contribution in [3.63, 3.8) is 0 Å². The van der Waals surface area contributed by atoms with Crippen LogP contribution in [-0.4, -0.2) is 16.2 Å². The van der Waals surface area contributed by atoms with Crippen molar-refractivity contribution >= 4 is 29.3 Å². The molecule has 0 aromatic heterocycles. The number of benzene rings is 2.